The summed E-state index contributed by atoms with van der Waals surface area (Å²) in [6, 6.07) is 11.2. The van der Waals surface area contributed by atoms with Crippen LogP contribution in [0.1, 0.15) is 31.7 Å². The smallest absolute Gasteiger partial charge is 0.224 e. The monoisotopic (exact) mass is 441 g/mol. The Morgan fingerprint density at radius 1 is 1.21 bits per heavy atom. The lowest BCUT2D eigenvalue weighted by atomic mass is 9.99. The van der Waals surface area contributed by atoms with Gasteiger partial charge in [0.05, 0.1) is 12.5 Å². The number of carbonyl (C=O) groups excluding carboxylic acids is 1. The third kappa shape index (κ3) is 7.72. The Labute approximate surface area is 184 Å². The number of aromatic nitrogens is 1. The van der Waals surface area contributed by atoms with Crippen LogP contribution in [0.4, 0.5) is 0 Å². The van der Waals surface area contributed by atoms with Gasteiger partial charge in [-0.1, -0.05) is 13.0 Å². The van der Waals surface area contributed by atoms with Gasteiger partial charge in [0.1, 0.15) is 11.5 Å². The van der Waals surface area contributed by atoms with Crippen LogP contribution in [0.25, 0.3) is 0 Å². The Morgan fingerprint density at radius 3 is 2.66 bits per heavy atom. The topological polar surface area (TPSA) is 72.5 Å². The van der Waals surface area contributed by atoms with Gasteiger partial charge >= 0.3 is 0 Å². The number of rotatable bonds is 8. The summed E-state index contributed by atoms with van der Waals surface area (Å²) in [5, 5.41) is 6.28. The van der Waals surface area contributed by atoms with E-state index in [1.807, 2.05) is 36.4 Å². The summed E-state index contributed by atoms with van der Waals surface area (Å²) in [5.74, 6) is 2.12. The molecule has 1 fully saturated rings. The van der Waals surface area contributed by atoms with E-state index in [0.29, 0.717) is 24.8 Å². The van der Waals surface area contributed by atoms with Crippen molar-refractivity contribution in [1.29, 1.82) is 0 Å². The van der Waals surface area contributed by atoms with Crippen molar-refractivity contribution in [3.05, 3.63) is 48.2 Å². The highest BCUT2D eigenvalue weighted by Gasteiger charge is 2.20. The third-order valence-electron chi connectivity index (χ3n) is 4.48. The average Bonchev–Trinajstić information content (AvgIpc) is 2.73. The Morgan fingerprint density at radius 2 is 1.97 bits per heavy atom. The van der Waals surface area contributed by atoms with Gasteiger partial charge in [0.2, 0.25) is 11.8 Å². The molecular formula is C21H29Cl2N3O3. The lowest BCUT2D eigenvalue weighted by Crippen LogP contribution is -2.40. The lowest BCUT2D eigenvalue weighted by Gasteiger charge is -2.22. The highest BCUT2D eigenvalue weighted by atomic mass is 35.5. The molecule has 3 rings (SSSR count). The molecule has 1 aromatic heterocycles. The fourth-order valence-corrected chi connectivity index (χ4v) is 2.99. The van der Waals surface area contributed by atoms with E-state index < -0.39 is 0 Å². The van der Waals surface area contributed by atoms with Crippen molar-refractivity contribution in [1.82, 2.24) is 15.6 Å². The minimum atomic E-state index is 0. The zero-order valence-electron chi connectivity index (χ0n) is 16.6. The largest absolute Gasteiger partial charge is 0.494 e. The summed E-state index contributed by atoms with van der Waals surface area (Å²) in [7, 11) is 0. The first-order chi connectivity index (χ1) is 13.3. The minimum Gasteiger partial charge on any atom is -0.494 e. The molecule has 1 aliphatic heterocycles. The molecule has 0 aliphatic carbocycles. The number of carbonyl (C=O) groups is 1. The van der Waals surface area contributed by atoms with Gasteiger partial charge in [-0.25, -0.2) is 4.98 Å². The van der Waals surface area contributed by atoms with E-state index in [9.17, 15) is 4.79 Å². The number of pyridine rings is 1. The second-order valence-corrected chi connectivity index (χ2v) is 6.65. The first-order valence-corrected chi connectivity index (χ1v) is 9.59. The number of ether oxygens (including phenoxy) is 2. The molecule has 1 aliphatic rings. The van der Waals surface area contributed by atoms with Crippen LogP contribution in [-0.4, -0.2) is 30.6 Å². The Kier molecular flexibility index (Phi) is 11.4. The first-order valence-electron chi connectivity index (χ1n) is 9.59. The fourth-order valence-electron chi connectivity index (χ4n) is 2.99. The Bertz CT molecular complexity index is 738. The summed E-state index contributed by atoms with van der Waals surface area (Å²) in [6.07, 6.45) is 4.63. The molecule has 1 saturated heterocycles. The predicted molar refractivity (Wildman–Crippen MR) is 118 cm³/mol. The summed E-state index contributed by atoms with van der Waals surface area (Å²) in [6.45, 7) is 4.90. The summed E-state index contributed by atoms with van der Waals surface area (Å²) < 4.78 is 11.5. The molecule has 8 heteroatoms. The normalized spacial score (nSPS) is 15.4. The molecule has 2 heterocycles. The van der Waals surface area contributed by atoms with Gasteiger partial charge in [-0.3, -0.25) is 4.79 Å². The number of benzene rings is 1. The molecule has 160 valence electrons. The summed E-state index contributed by atoms with van der Waals surface area (Å²) >= 11 is 0. The molecule has 1 aromatic carbocycles. The molecule has 2 aromatic rings. The van der Waals surface area contributed by atoms with E-state index in [1.54, 1.807) is 6.20 Å². The zero-order chi connectivity index (χ0) is 18.9. The predicted octanol–water partition coefficient (Wildman–Crippen LogP) is 4.12. The van der Waals surface area contributed by atoms with Crippen molar-refractivity contribution in [2.45, 2.75) is 32.7 Å². The van der Waals surface area contributed by atoms with Gasteiger partial charge in [0, 0.05) is 24.8 Å². The van der Waals surface area contributed by atoms with Gasteiger partial charge < -0.3 is 20.1 Å². The van der Waals surface area contributed by atoms with Crippen LogP contribution in [0, 0.1) is 5.92 Å². The van der Waals surface area contributed by atoms with E-state index in [1.165, 1.54) is 0 Å². The molecule has 0 radical (unpaired) electrons. The second kappa shape index (κ2) is 13.2. The van der Waals surface area contributed by atoms with Gasteiger partial charge in [0.15, 0.2) is 0 Å². The molecule has 0 bridgehead atoms. The van der Waals surface area contributed by atoms with E-state index >= 15 is 0 Å². The van der Waals surface area contributed by atoms with Crippen molar-refractivity contribution in [2.75, 3.05) is 19.7 Å². The maximum absolute atomic E-state index is 12.3. The molecular weight excluding hydrogens is 413 g/mol. The minimum absolute atomic E-state index is 0. The highest BCUT2D eigenvalue weighted by molar-refractivity contribution is 5.85. The molecule has 0 saturated carbocycles. The summed E-state index contributed by atoms with van der Waals surface area (Å²) in [4.78, 5) is 16.7. The molecule has 0 spiro atoms. The van der Waals surface area contributed by atoms with Gasteiger partial charge in [-0.2, -0.15) is 0 Å². The van der Waals surface area contributed by atoms with Gasteiger partial charge in [-0.05, 0) is 56.1 Å². The lowest BCUT2D eigenvalue weighted by molar-refractivity contribution is -0.125. The standard InChI is InChI=1S/C21H27N3O3.2ClH/c1-2-13-26-18-7-9-19(10-8-18)27-21-17(6-4-12-23-21)15-24-20(25)16-5-3-11-22-14-16;;/h4,6-10,12,16,22H,2-3,5,11,13-15H2,1H3,(H,24,25);2*1H. The van der Waals surface area contributed by atoms with Crippen LogP contribution >= 0.6 is 24.8 Å². The number of hydrogen-bond donors (Lipinski definition) is 2. The van der Waals surface area contributed by atoms with E-state index in [4.69, 9.17) is 9.47 Å². The molecule has 2 N–H and O–H groups in total. The van der Waals surface area contributed by atoms with Crippen LogP contribution in [0.5, 0.6) is 17.4 Å². The van der Waals surface area contributed by atoms with Crippen molar-refractivity contribution in [3.63, 3.8) is 0 Å². The van der Waals surface area contributed by atoms with Crippen LogP contribution in [-0.2, 0) is 11.3 Å². The van der Waals surface area contributed by atoms with Crippen LogP contribution < -0.4 is 20.1 Å². The zero-order valence-corrected chi connectivity index (χ0v) is 18.2. The Balaban J connectivity index is 0.00000210. The third-order valence-corrected chi connectivity index (χ3v) is 4.48. The highest BCUT2D eigenvalue weighted by Crippen LogP contribution is 2.25. The van der Waals surface area contributed by atoms with Crippen molar-refractivity contribution < 1.29 is 14.3 Å². The maximum atomic E-state index is 12.3. The SMILES string of the molecule is CCCOc1ccc(Oc2ncccc2CNC(=O)C2CCCNC2)cc1.Cl.Cl. The number of nitrogens with zero attached hydrogens (tertiary/aromatic N) is 1. The molecule has 1 atom stereocenters. The number of piperidine rings is 1. The quantitative estimate of drug-likeness (QED) is 0.644. The molecule has 29 heavy (non-hydrogen) atoms. The van der Waals surface area contributed by atoms with E-state index in [2.05, 4.69) is 22.5 Å². The number of nitrogens with one attached hydrogen (secondary N) is 2. The number of halogens is 2. The molecule has 1 unspecified atom stereocenters. The van der Waals surface area contributed by atoms with Gasteiger partial charge in [-0.15, -0.1) is 24.8 Å². The van der Waals surface area contributed by atoms with E-state index in [0.717, 1.165) is 43.7 Å². The van der Waals surface area contributed by atoms with Crippen molar-refractivity contribution in [3.8, 4) is 17.4 Å². The van der Waals surface area contributed by atoms with E-state index in [-0.39, 0.29) is 36.6 Å². The molecule has 6 nitrogen and oxygen atoms in total. The van der Waals surface area contributed by atoms with Gasteiger partial charge in [0.25, 0.3) is 0 Å². The van der Waals surface area contributed by atoms with Crippen LogP contribution in [0.3, 0.4) is 0 Å². The van der Waals surface area contributed by atoms with Crippen molar-refractivity contribution >= 4 is 30.7 Å². The second-order valence-electron chi connectivity index (χ2n) is 6.65. The van der Waals surface area contributed by atoms with Crippen LogP contribution in [0.2, 0.25) is 0 Å². The van der Waals surface area contributed by atoms with Crippen molar-refractivity contribution in [2.24, 2.45) is 5.92 Å². The number of amides is 1. The fraction of sp³-hybridized carbons (Fsp3) is 0.429. The number of hydrogen-bond acceptors (Lipinski definition) is 5. The summed E-state index contributed by atoms with van der Waals surface area (Å²) in [5.41, 5.74) is 0.848. The maximum Gasteiger partial charge on any atom is 0.224 e. The molecule has 1 amide bonds. The Hall–Kier alpha value is -2.02. The van der Waals surface area contributed by atoms with Crippen LogP contribution in [0.15, 0.2) is 42.6 Å². The average molecular weight is 442 g/mol. The first kappa shape index (κ1) is 25.0.